The second-order valence-corrected chi connectivity index (χ2v) is 12.0. The number of rotatable bonds is 12. The molecule has 6 rings (SSSR count). The van der Waals surface area contributed by atoms with E-state index in [0.29, 0.717) is 16.8 Å². The summed E-state index contributed by atoms with van der Waals surface area (Å²) in [6, 6.07) is 37.3. The van der Waals surface area contributed by atoms with Crippen LogP contribution in [-0.4, -0.2) is 47.8 Å². The van der Waals surface area contributed by atoms with Gasteiger partial charge in [-0.15, -0.1) is 0 Å². The molecule has 1 aromatic heterocycles. The predicted octanol–water partition coefficient (Wildman–Crippen LogP) is 5.60. The third kappa shape index (κ3) is 7.45. The van der Waals surface area contributed by atoms with Gasteiger partial charge in [0, 0.05) is 30.9 Å². The van der Waals surface area contributed by atoms with Crippen LogP contribution in [0.2, 0.25) is 0 Å². The zero-order valence-electron chi connectivity index (χ0n) is 27.4. The van der Waals surface area contributed by atoms with E-state index in [1.54, 1.807) is 18.6 Å². The molecular weight excluding hydrogens is 644 g/mol. The first kappa shape index (κ1) is 34.1. The van der Waals surface area contributed by atoms with Crippen LogP contribution >= 0.6 is 0 Å². The predicted molar refractivity (Wildman–Crippen MR) is 193 cm³/mol. The van der Waals surface area contributed by atoms with Gasteiger partial charge in [-0.2, -0.15) is 0 Å². The van der Waals surface area contributed by atoms with Gasteiger partial charge in [0.15, 0.2) is 23.0 Å². The molecule has 0 aliphatic heterocycles. The number of benzene rings is 5. The largest absolute Gasteiger partial charge is 0.504 e. The Morgan fingerprint density at radius 2 is 1.25 bits per heavy atom. The lowest BCUT2D eigenvalue weighted by molar-refractivity contribution is -0.127. The number of carbonyl (C=O) groups excluding carboxylic acids is 2. The Bertz CT molecular complexity index is 2050. The molecular formula is C41H36N4O6. The molecule has 0 saturated heterocycles. The fraction of sp³-hybridized carbons (Fsp3) is 0.0976. The monoisotopic (exact) mass is 680 g/mol. The highest BCUT2D eigenvalue weighted by Crippen LogP contribution is 2.41. The molecule has 0 aliphatic carbocycles. The molecule has 0 bridgehead atoms. The second kappa shape index (κ2) is 15.2. The minimum atomic E-state index is -1.09. The third-order valence-electron chi connectivity index (χ3n) is 8.63. The van der Waals surface area contributed by atoms with Crippen LogP contribution in [0.25, 0.3) is 6.08 Å². The number of amides is 2. The molecule has 5 aromatic carbocycles. The SMILES string of the molecule is O=C(/C=C/c1ccc(O)c(O)c1)N[C@@H](Cc1cncn1C(c1ccccc1)(c1ccccc1)c1ccccc1)C(=O)NCc1ccc(O)c(O)c1. The molecule has 0 unspecified atom stereocenters. The highest BCUT2D eigenvalue weighted by atomic mass is 16.3. The Kier molecular flexibility index (Phi) is 10.1. The normalized spacial score (nSPS) is 12.0. The first-order valence-corrected chi connectivity index (χ1v) is 16.2. The lowest BCUT2D eigenvalue weighted by atomic mass is 9.76. The summed E-state index contributed by atoms with van der Waals surface area (Å²) >= 11 is 0. The van der Waals surface area contributed by atoms with Gasteiger partial charge in [0.25, 0.3) is 0 Å². The summed E-state index contributed by atoms with van der Waals surface area (Å²) in [6.07, 6.45) is 6.15. The van der Waals surface area contributed by atoms with E-state index in [4.69, 9.17) is 0 Å². The van der Waals surface area contributed by atoms with Gasteiger partial charge in [-0.3, -0.25) is 9.59 Å². The Morgan fingerprint density at radius 3 is 1.80 bits per heavy atom. The average molecular weight is 681 g/mol. The number of hydrogen-bond donors (Lipinski definition) is 6. The number of aromatic nitrogens is 2. The summed E-state index contributed by atoms with van der Waals surface area (Å²) in [5.41, 5.74) is 3.62. The molecule has 1 atom stereocenters. The van der Waals surface area contributed by atoms with Crippen molar-refractivity contribution in [1.29, 1.82) is 0 Å². The van der Waals surface area contributed by atoms with Crippen molar-refractivity contribution in [1.82, 2.24) is 20.2 Å². The Morgan fingerprint density at radius 1 is 0.706 bits per heavy atom. The molecule has 2 amide bonds. The lowest BCUT2D eigenvalue weighted by Crippen LogP contribution is -2.48. The number of carbonyl (C=O) groups is 2. The Hall–Kier alpha value is -6.81. The number of imidazole rings is 1. The molecule has 0 radical (unpaired) electrons. The molecule has 51 heavy (non-hydrogen) atoms. The number of nitrogens with one attached hydrogen (secondary N) is 2. The van der Waals surface area contributed by atoms with E-state index in [2.05, 4.69) is 52.0 Å². The van der Waals surface area contributed by atoms with Crippen molar-refractivity contribution in [3.05, 3.63) is 180 Å². The van der Waals surface area contributed by atoms with Crippen LogP contribution in [0.1, 0.15) is 33.5 Å². The van der Waals surface area contributed by atoms with Gasteiger partial charge in [-0.1, -0.05) is 103 Å². The molecule has 0 saturated carbocycles. The summed E-state index contributed by atoms with van der Waals surface area (Å²) in [5, 5.41) is 44.9. The number of hydrogen-bond acceptors (Lipinski definition) is 7. The molecule has 256 valence electrons. The average Bonchev–Trinajstić information content (AvgIpc) is 3.62. The zero-order valence-corrected chi connectivity index (χ0v) is 27.4. The number of phenols is 4. The van der Waals surface area contributed by atoms with E-state index in [1.165, 1.54) is 42.5 Å². The van der Waals surface area contributed by atoms with E-state index < -0.39 is 23.4 Å². The van der Waals surface area contributed by atoms with Crippen LogP contribution in [0, 0.1) is 0 Å². The minimum absolute atomic E-state index is 0.0168. The highest BCUT2D eigenvalue weighted by Gasteiger charge is 2.40. The van der Waals surface area contributed by atoms with Gasteiger partial charge < -0.3 is 35.6 Å². The summed E-state index contributed by atoms with van der Waals surface area (Å²) in [4.78, 5) is 31.8. The quantitative estimate of drug-likeness (QED) is 0.0558. The topological polar surface area (TPSA) is 157 Å². The standard InChI is InChI=1S/C41H36N4O6/c46-35-19-16-28(22-37(35)48)18-21-39(50)44-34(40(51)43-25-29-17-20-36(47)38(49)23-29)24-33-26-42-27-45(33)41(30-10-4-1-5-11-30,31-12-6-2-7-13-31)32-14-8-3-9-15-32/h1-23,26-27,34,46-49H,24-25H2,(H,43,51)(H,44,50)/b21-18+/t34-/m0/s1. The maximum atomic E-state index is 13.9. The summed E-state index contributed by atoms with van der Waals surface area (Å²) < 4.78 is 2.03. The van der Waals surface area contributed by atoms with Crippen LogP contribution in [-0.2, 0) is 28.1 Å². The first-order chi connectivity index (χ1) is 24.8. The van der Waals surface area contributed by atoms with Crippen molar-refractivity contribution < 1.29 is 30.0 Å². The molecule has 0 fully saturated rings. The van der Waals surface area contributed by atoms with Gasteiger partial charge in [0.2, 0.25) is 11.8 Å². The summed E-state index contributed by atoms with van der Waals surface area (Å²) in [6.45, 7) is 0.0168. The lowest BCUT2D eigenvalue weighted by Gasteiger charge is -2.39. The van der Waals surface area contributed by atoms with Crippen LogP contribution < -0.4 is 10.6 Å². The molecule has 6 aromatic rings. The molecule has 6 N–H and O–H groups in total. The third-order valence-corrected chi connectivity index (χ3v) is 8.63. The van der Waals surface area contributed by atoms with Crippen molar-refractivity contribution in [3.8, 4) is 23.0 Å². The van der Waals surface area contributed by atoms with E-state index in [9.17, 15) is 30.0 Å². The van der Waals surface area contributed by atoms with Crippen molar-refractivity contribution in [2.75, 3.05) is 0 Å². The highest BCUT2D eigenvalue weighted by molar-refractivity contribution is 5.95. The molecule has 10 nitrogen and oxygen atoms in total. The maximum Gasteiger partial charge on any atom is 0.244 e. The molecule has 1 heterocycles. The summed E-state index contributed by atoms with van der Waals surface area (Å²) in [5.74, 6) is -2.29. The van der Waals surface area contributed by atoms with E-state index in [0.717, 1.165) is 16.7 Å². The van der Waals surface area contributed by atoms with Gasteiger partial charge >= 0.3 is 0 Å². The zero-order chi connectivity index (χ0) is 35.8. The van der Waals surface area contributed by atoms with Crippen LogP contribution in [0.3, 0.4) is 0 Å². The molecule has 0 spiro atoms. The number of aromatic hydroxyl groups is 4. The van der Waals surface area contributed by atoms with Gasteiger partial charge in [0.1, 0.15) is 11.6 Å². The van der Waals surface area contributed by atoms with Gasteiger partial charge in [-0.05, 0) is 58.2 Å². The van der Waals surface area contributed by atoms with Crippen LogP contribution in [0.15, 0.2) is 146 Å². The second-order valence-electron chi connectivity index (χ2n) is 12.0. The first-order valence-electron chi connectivity index (χ1n) is 16.2. The van der Waals surface area contributed by atoms with Crippen molar-refractivity contribution in [2.24, 2.45) is 0 Å². The van der Waals surface area contributed by atoms with Crippen molar-refractivity contribution in [2.45, 2.75) is 24.5 Å². The molecule has 0 aliphatic rings. The number of nitrogens with zero attached hydrogens (tertiary/aromatic N) is 2. The smallest absolute Gasteiger partial charge is 0.244 e. The van der Waals surface area contributed by atoms with Crippen LogP contribution in [0.4, 0.5) is 0 Å². The fourth-order valence-corrected chi connectivity index (χ4v) is 6.18. The maximum absolute atomic E-state index is 13.9. The van der Waals surface area contributed by atoms with E-state index in [-0.39, 0.29) is 36.0 Å². The fourth-order valence-electron chi connectivity index (χ4n) is 6.18. The van der Waals surface area contributed by atoms with Crippen molar-refractivity contribution in [3.63, 3.8) is 0 Å². The Labute approximate surface area is 294 Å². The molecule has 10 heteroatoms. The van der Waals surface area contributed by atoms with E-state index >= 15 is 0 Å². The summed E-state index contributed by atoms with van der Waals surface area (Å²) in [7, 11) is 0. The minimum Gasteiger partial charge on any atom is -0.504 e. The number of phenolic OH excluding ortho intramolecular Hbond substituents is 4. The van der Waals surface area contributed by atoms with Crippen LogP contribution in [0.5, 0.6) is 23.0 Å². The Balaban J connectivity index is 1.39. The van der Waals surface area contributed by atoms with Gasteiger partial charge in [-0.25, -0.2) is 4.98 Å². The van der Waals surface area contributed by atoms with Gasteiger partial charge in [0.05, 0.1) is 6.33 Å². The van der Waals surface area contributed by atoms with E-state index in [1.807, 2.05) is 59.2 Å². The van der Waals surface area contributed by atoms with Crippen molar-refractivity contribution >= 4 is 17.9 Å².